The van der Waals surface area contributed by atoms with Crippen LogP contribution in [0, 0.1) is 10.7 Å². The Labute approximate surface area is 100 Å². The number of rotatable bonds is 3. The average molecular weight is 239 g/mol. The van der Waals surface area contributed by atoms with E-state index < -0.39 is 0 Å². The van der Waals surface area contributed by atoms with Gasteiger partial charge in [-0.15, -0.1) is 0 Å². The molecule has 0 radical (unpaired) electrons. The Bertz CT molecular complexity index is 415. The van der Waals surface area contributed by atoms with Crippen molar-refractivity contribution < 1.29 is 4.74 Å². The van der Waals surface area contributed by atoms with E-state index >= 15 is 0 Å². The highest BCUT2D eigenvalue weighted by Crippen LogP contribution is 2.39. The molecule has 0 spiro atoms. The molecule has 1 aromatic heterocycles. The predicted octanol–water partition coefficient (Wildman–Crippen LogP) is 2.24. The maximum Gasteiger partial charge on any atom is 0.195 e. The molecule has 0 aromatic carbocycles. The lowest BCUT2D eigenvalue weighted by atomic mass is 10.0. The molecule has 2 fully saturated rings. The molecule has 4 nitrogen and oxygen atoms in total. The fourth-order valence-electron chi connectivity index (χ4n) is 2.35. The topological polar surface area (TPSA) is 42.8 Å². The van der Waals surface area contributed by atoms with E-state index in [-0.39, 0.29) is 0 Å². The molecule has 0 unspecified atom stereocenters. The fourth-order valence-corrected chi connectivity index (χ4v) is 2.56. The lowest BCUT2D eigenvalue weighted by molar-refractivity contribution is 0.0608. The number of H-pyrrole nitrogens is 1. The van der Waals surface area contributed by atoms with E-state index in [1.54, 1.807) is 0 Å². The average Bonchev–Trinajstić information content (AvgIpc) is 3.08. The Kier molecular flexibility index (Phi) is 2.81. The van der Waals surface area contributed by atoms with Gasteiger partial charge in [0.25, 0.3) is 0 Å². The van der Waals surface area contributed by atoms with Crippen molar-refractivity contribution in [3.8, 4) is 0 Å². The van der Waals surface area contributed by atoms with Gasteiger partial charge in [-0.05, 0) is 43.8 Å². The smallest absolute Gasteiger partial charge is 0.195 e. The second kappa shape index (κ2) is 4.30. The first-order valence-corrected chi connectivity index (χ1v) is 6.48. The minimum absolute atomic E-state index is 0.660. The summed E-state index contributed by atoms with van der Waals surface area (Å²) in [7, 11) is 0. The van der Waals surface area contributed by atoms with Crippen LogP contribution in [0.15, 0.2) is 0 Å². The van der Waals surface area contributed by atoms with Crippen molar-refractivity contribution in [1.29, 1.82) is 0 Å². The SMILES string of the molecule is S=c1[nH]nc(C2CC2)n1CC1CCOCC1. The van der Waals surface area contributed by atoms with E-state index in [2.05, 4.69) is 14.8 Å². The fraction of sp³-hybridized carbons (Fsp3) is 0.818. The molecule has 2 aliphatic rings. The van der Waals surface area contributed by atoms with Crippen molar-refractivity contribution in [2.45, 2.75) is 38.1 Å². The van der Waals surface area contributed by atoms with Crippen molar-refractivity contribution in [1.82, 2.24) is 14.8 Å². The molecular formula is C11H17N3OS. The highest BCUT2D eigenvalue weighted by molar-refractivity contribution is 7.71. The molecule has 16 heavy (non-hydrogen) atoms. The van der Waals surface area contributed by atoms with Gasteiger partial charge in [-0.3, -0.25) is 5.10 Å². The normalized spacial score (nSPS) is 22.5. The zero-order chi connectivity index (χ0) is 11.0. The van der Waals surface area contributed by atoms with Crippen molar-refractivity contribution in [3.05, 3.63) is 10.6 Å². The molecule has 88 valence electrons. The Hall–Kier alpha value is -0.680. The van der Waals surface area contributed by atoms with Crippen LogP contribution >= 0.6 is 12.2 Å². The molecule has 0 bridgehead atoms. The zero-order valence-electron chi connectivity index (χ0n) is 9.32. The first-order valence-electron chi connectivity index (χ1n) is 6.07. The highest BCUT2D eigenvalue weighted by Gasteiger charge is 2.29. The van der Waals surface area contributed by atoms with Gasteiger partial charge >= 0.3 is 0 Å². The Morgan fingerprint density at radius 1 is 1.31 bits per heavy atom. The van der Waals surface area contributed by atoms with Gasteiger partial charge in [-0.25, -0.2) is 0 Å². The second-order valence-electron chi connectivity index (χ2n) is 4.83. The summed E-state index contributed by atoms with van der Waals surface area (Å²) in [5, 5.41) is 7.29. The molecule has 1 N–H and O–H groups in total. The lowest BCUT2D eigenvalue weighted by Crippen LogP contribution is -2.21. The zero-order valence-corrected chi connectivity index (χ0v) is 10.1. The summed E-state index contributed by atoms with van der Waals surface area (Å²) >= 11 is 5.30. The van der Waals surface area contributed by atoms with Crippen LogP contribution in [0.3, 0.4) is 0 Å². The number of aromatic amines is 1. The van der Waals surface area contributed by atoms with Crippen molar-refractivity contribution >= 4 is 12.2 Å². The third-order valence-electron chi connectivity index (χ3n) is 3.51. The van der Waals surface area contributed by atoms with Crippen LogP contribution < -0.4 is 0 Å². The number of nitrogens with zero attached hydrogens (tertiary/aromatic N) is 2. The predicted molar refractivity (Wildman–Crippen MR) is 62.9 cm³/mol. The molecule has 1 aliphatic heterocycles. The largest absolute Gasteiger partial charge is 0.381 e. The second-order valence-corrected chi connectivity index (χ2v) is 5.21. The molecule has 1 saturated carbocycles. The van der Waals surface area contributed by atoms with Gasteiger partial charge in [-0.2, -0.15) is 5.10 Å². The van der Waals surface area contributed by atoms with Crippen LogP contribution in [0.2, 0.25) is 0 Å². The molecule has 1 aromatic rings. The molecule has 0 amide bonds. The van der Waals surface area contributed by atoms with Gasteiger partial charge in [0.05, 0.1) is 0 Å². The van der Waals surface area contributed by atoms with Gasteiger partial charge < -0.3 is 9.30 Å². The Morgan fingerprint density at radius 3 is 2.75 bits per heavy atom. The van der Waals surface area contributed by atoms with Crippen molar-refractivity contribution in [2.75, 3.05) is 13.2 Å². The quantitative estimate of drug-likeness (QED) is 0.823. The number of aromatic nitrogens is 3. The summed E-state index contributed by atoms with van der Waals surface area (Å²) in [6, 6.07) is 0. The molecular weight excluding hydrogens is 222 g/mol. The van der Waals surface area contributed by atoms with Gasteiger partial charge in [0.1, 0.15) is 5.82 Å². The maximum absolute atomic E-state index is 5.38. The molecule has 0 atom stereocenters. The van der Waals surface area contributed by atoms with E-state index in [0.717, 1.165) is 37.4 Å². The van der Waals surface area contributed by atoms with Gasteiger partial charge in [-0.1, -0.05) is 0 Å². The van der Waals surface area contributed by atoms with Crippen molar-refractivity contribution in [3.63, 3.8) is 0 Å². The van der Waals surface area contributed by atoms with Gasteiger partial charge in [0.15, 0.2) is 4.77 Å². The van der Waals surface area contributed by atoms with Crippen LogP contribution in [0.25, 0.3) is 0 Å². The number of hydrogen-bond donors (Lipinski definition) is 1. The molecule has 1 saturated heterocycles. The first-order chi connectivity index (χ1) is 7.84. The van der Waals surface area contributed by atoms with Crippen LogP contribution in [-0.4, -0.2) is 28.0 Å². The number of nitrogens with one attached hydrogen (secondary N) is 1. The summed E-state index contributed by atoms with van der Waals surface area (Å²) in [6.07, 6.45) is 4.84. The maximum atomic E-state index is 5.38. The summed E-state index contributed by atoms with van der Waals surface area (Å²) in [5.41, 5.74) is 0. The van der Waals surface area contributed by atoms with Crippen molar-refractivity contribution in [2.24, 2.45) is 5.92 Å². The van der Waals surface area contributed by atoms with E-state index in [4.69, 9.17) is 17.0 Å². The third kappa shape index (κ3) is 2.06. The van der Waals surface area contributed by atoms with E-state index in [1.807, 2.05) is 0 Å². The number of ether oxygens (including phenoxy) is 1. The van der Waals surface area contributed by atoms with E-state index in [0.29, 0.717) is 11.8 Å². The first kappa shape index (κ1) is 10.5. The van der Waals surface area contributed by atoms with Crippen LogP contribution in [0.5, 0.6) is 0 Å². The highest BCUT2D eigenvalue weighted by atomic mass is 32.1. The summed E-state index contributed by atoms with van der Waals surface area (Å²) in [6.45, 7) is 2.81. The van der Waals surface area contributed by atoms with Crippen LogP contribution in [0.4, 0.5) is 0 Å². The summed E-state index contributed by atoms with van der Waals surface area (Å²) in [4.78, 5) is 0. The van der Waals surface area contributed by atoms with Gasteiger partial charge in [0.2, 0.25) is 0 Å². The van der Waals surface area contributed by atoms with Crippen LogP contribution in [-0.2, 0) is 11.3 Å². The molecule has 2 heterocycles. The summed E-state index contributed by atoms with van der Waals surface area (Å²) < 4.78 is 8.38. The van der Waals surface area contributed by atoms with E-state index in [1.165, 1.54) is 18.7 Å². The van der Waals surface area contributed by atoms with Gasteiger partial charge in [0, 0.05) is 25.7 Å². The Balaban J connectivity index is 1.76. The minimum Gasteiger partial charge on any atom is -0.381 e. The van der Waals surface area contributed by atoms with Crippen LogP contribution in [0.1, 0.15) is 37.4 Å². The standard InChI is InChI=1S/C11H17N3OS/c16-11-13-12-10(9-1-2-9)14(11)7-8-3-5-15-6-4-8/h8-9H,1-7H2,(H,13,16). The Morgan fingerprint density at radius 2 is 2.06 bits per heavy atom. The third-order valence-corrected chi connectivity index (χ3v) is 3.82. The number of hydrogen-bond acceptors (Lipinski definition) is 3. The molecule has 3 rings (SSSR count). The lowest BCUT2D eigenvalue weighted by Gasteiger charge is -2.22. The monoisotopic (exact) mass is 239 g/mol. The molecule has 5 heteroatoms. The minimum atomic E-state index is 0.660. The van der Waals surface area contributed by atoms with E-state index in [9.17, 15) is 0 Å². The summed E-state index contributed by atoms with van der Waals surface area (Å²) in [5.74, 6) is 2.54. The molecule has 1 aliphatic carbocycles.